The summed E-state index contributed by atoms with van der Waals surface area (Å²) < 4.78 is 43.6. The molecule has 0 radical (unpaired) electrons. The number of rotatable bonds is 3. The maximum atomic E-state index is 12.7. The standard InChI is InChI=1S/C15H14F3NO.ClH/c1-3-20-14-9-12(15(16,17)18)4-5-13(14)11-6-7-19-10(2)8-11;/h4-9H,3H2,1-2H3;1H. The second-order valence-corrected chi connectivity index (χ2v) is 4.33. The Morgan fingerprint density at radius 1 is 1.14 bits per heavy atom. The molecule has 0 aliphatic carbocycles. The van der Waals surface area contributed by atoms with Crippen LogP contribution in [-0.2, 0) is 6.18 Å². The normalized spacial score (nSPS) is 10.9. The third kappa shape index (κ3) is 4.11. The van der Waals surface area contributed by atoms with Crippen molar-refractivity contribution in [2.45, 2.75) is 20.0 Å². The Labute approximate surface area is 127 Å². The van der Waals surface area contributed by atoms with Crippen molar-refractivity contribution < 1.29 is 17.9 Å². The molecule has 0 aliphatic heterocycles. The summed E-state index contributed by atoms with van der Waals surface area (Å²) in [5.41, 5.74) is 1.50. The lowest BCUT2D eigenvalue weighted by Gasteiger charge is -2.14. The number of hydrogen-bond donors (Lipinski definition) is 0. The van der Waals surface area contributed by atoms with E-state index in [1.807, 2.05) is 13.0 Å². The average Bonchev–Trinajstić information content (AvgIpc) is 2.38. The molecule has 0 spiro atoms. The highest BCUT2D eigenvalue weighted by atomic mass is 35.5. The second-order valence-electron chi connectivity index (χ2n) is 4.33. The first-order valence-corrected chi connectivity index (χ1v) is 6.19. The molecule has 0 atom stereocenters. The van der Waals surface area contributed by atoms with Crippen LogP contribution in [0.4, 0.5) is 13.2 Å². The zero-order valence-electron chi connectivity index (χ0n) is 11.6. The van der Waals surface area contributed by atoms with E-state index in [-0.39, 0.29) is 18.2 Å². The van der Waals surface area contributed by atoms with Crippen LogP contribution < -0.4 is 4.74 Å². The van der Waals surface area contributed by atoms with Gasteiger partial charge in [-0.05, 0) is 43.7 Å². The number of hydrogen-bond acceptors (Lipinski definition) is 2. The minimum Gasteiger partial charge on any atom is -0.493 e. The topological polar surface area (TPSA) is 22.1 Å². The molecule has 0 saturated heterocycles. The Kier molecular flexibility index (Phi) is 5.61. The number of benzene rings is 1. The molecule has 0 unspecified atom stereocenters. The second kappa shape index (κ2) is 6.80. The third-order valence-electron chi connectivity index (χ3n) is 2.82. The summed E-state index contributed by atoms with van der Waals surface area (Å²) in [6.07, 6.45) is -2.75. The minimum atomic E-state index is -4.38. The molecule has 2 aromatic rings. The maximum Gasteiger partial charge on any atom is 0.416 e. The summed E-state index contributed by atoms with van der Waals surface area (Å²) in [7, 11) is 0. The van der Waals surface area contributed by atoms with Crippen LogP contribution in [0, 0.1) is 6.92 Å². The van der Waals surface area contributed by atoms with Gasteiger partial charge in [-0.3, -0.25) is 4.98 Å². The van der Waals surface area contributed by atoms with Gasteiger partial charge in [0.25, 0.3) is 0 Å². The van der Waals surface area contributed by atoms with E-state index in [9.17, 15) is 13.2 Å². The molecule has 21 heavy (non-hydrogen) atoms. The zero-order valence-corrected chi connectivity index (χ0v) is 12.4. The molecule has 0 fully saturated rings. The summed E-state index contributed by atoms with van der Waals surface area (Å²) in [5, 5.41) is 0. The van der Waals surface area contributed by atoms with Crippen molar-refractivity contribution in [2.24, 2.45) is 0 Å². The van der Waals surface area contributed by atoms with E-state index in [1.54, 1.807) is 19.2 Å². The predicted molar refractivity (Wildman–Crippen MR) is 77.8 cm³/mol. The lowest BCUT2D eigenvalue weighted by Crippen LogP contribution is -2.06. The lowest BCUT2D eigenvalue weighted by molar-refractivity contribution is -0.137. The fourth-order valence-electron chi connectivity index (χ4n) is 1.93. The number of nitrogens with zero attached hydrogens (tertiary/aromatic N) is 1. The number of halogens is 4. The highest BCUT2D eigenvalue weighted by Gasteiger charge is 2.31. The number of aromatic nitrogens is 1. The molecule has 0 aliphatic rings. The Bertz CT molecular complexity index is 614. The lowest BCUT2D eigenvalue weighted by atomic mass is 10.0. The molecule has 0 amide bonds. The van der Waals surface area contributed by atoms with E-state index < -0.39 is 11.7 Å². The van der Waals surface area contributed by atoms with Gasteiger partial charge in [-0.15, -0.1) is 12.4 Å². The summed E-state index contributed by atoms with van der Waals surface area (Å²) in [4.78, 5) is 4.08. The molecule has 1 heterocycles. The first-order chi connectivity index (χ1) is 9.41. The highest BCUT2D eigenvalue weighted by molar-refractivity contribution is 5.85. The predicted octanol–water partition coefficient (Wildman–Crippen LogP) is 4.90. The number of aryl methyl sites for hydroxylation is 1. The van der Waals surface area contributed by atoms with Gasteiger partial charge >= 0.3 is 6.18 Å². The van der Waals surface area contributed by atoms with Crippen molar-refractivity contribution in [3.63, 3.8) is 0 Å². The fourth-order valence-corrected chi connectivity index (χ4v) is 1.93. The van der Waals surface area contributed by atoms with Gasteiger partial charge in [-0.1, -0.05) is 6.07 Å². The third-order valence-corrected chi connectivity index (χ3v) is 2.82. The Morgan fingerprint density at radius 2 is 1.86 bits per heavy atom. The molecule has 2 nitrogen and oxygen atoms in total. The summed E-state index contributed by atoms with van der Waals surface area (Å²) >= 11 is 0. The van der Waals surface area contributed by atoms with E-state index >= 15 is 0 Å². The van der Waals surface area contributed by atoms with Gasteiger partial charge in [-0.25, -0.2) is 0 Å². The van der Waals surface area contributed by atoms with Gasteiger partial charge in [-0.2, -0.15) is 13.2 Å². The minimum absolute atomic E-state index is 0. The molecule has 114 valence electrons. The number of alkyl halides is 3. The van der Waals surface area contributed by atoms with Crippen LogP contribution in [-0.4, -0.2) is 11.6 Å². The summed E-state index contributed by atoms with van der Waals surface area (Å²) in [6, 6.07) is 7.09. The summed E-state index contributed by atoms with van der Waals surface area (Å²) in [6.45, 7) is 3.87. The highest BCUT2D eigenvalue weighted by Crippen LogP contribution is 2.37. The molecular weight excluding hydrogens is 303 g/mol. The number of pyridine rings is 1. The van der Waals surface area contributed by atoms with Gasteiger partial charge in [0.15, 0.2) is 0 Å². The van der Waals surface area contributed by atoms with E-state index in [0.29, 0.717) is 12.2 Å². The zero-order chi connectivity index (χ0) is 14.8. The van der Waals surface area contributed by atoms with Gasteiger partial charge in [0.2, 0.25) is 0 Å². The SMILES string of the molecule is CCOc1cc(C(F)(F)F)ccc1-c1ccnc(C)c1.Cl. The molecule has 1 aromatic heterocycles. The van der Waals surface area contributed by atoms with Crippen molar-refractivity contribution in [1.29, 1.82) is 0 Å². The number of ether oxygens (including phenoxy) is 1. The van der Waals surface area contributed by atoms with Crippen LogP contribution in [0.3, 0.4) is 0 Å². The Hall–Kier alpha value is -1.75. The van der Waals surface area contributed by atoms with E-state index in [1.165, 1.54) is 6.07 Å². The average molecular weight is 318 g/mol. The molecule has 0 bridgehead atoms. The van der Waals surface area contributed by atoms with E-state index in [2.05, 4.69) is 4.98 Å². The van der Waals surface area contributed by atoms with Crippen LogP contribution in [0.25, 0.3) is 11.1 Å². The smallest absolute Gasteiger partial charge is 0.416 e. The maximum absolute atomic E-state index is 12.7. The van der Waals surface area contributed by atoms with Gasteiger partial charge in [0.05, 0.1) is 12.2 Å². The van der Waals surface area contributed by atoms with Crippen molar-refractivity contribution in [2.75, 3.05) is 6.61 Å². The van der Waals surface area contributed by atoms with Crippen molar-refractivity contribution in [3.8, 4) is 16.9 Å². The molecule has 0 N–H and O–H groups in total. The van der Waals surface area contributed by atoms with Crippen LogP contribution in [0.5, 0.6) is 5.75 Å². The Morgan fingerprint density at radius 3 is 2.43 bits per heavy atom. The molecule has 2 rings (SSSR count). The first kappa shape index (κ1) is 17.3. The van der Waals surface area contributed by atoms with E-state index in [4.69, 9.17) is 4.74 Å². The van der Waals surface area contributed by atoms with Crippen molar-refractivity contribution >= 4 is 12.4 Å². The van der Waals surface area contributed by atoms with E-state index in [0.717, 1.165) is 23.4 Å². The summed E-state index contributed by atoms with van der Waals surface area (Å²) in [5.74, 6) is 0.230. The van der Waals surface area contributed by atoms with Gasteiger partial charge in [0, 0.05) is 17.5 Å². The van der Waals surface area contributed by atoms with Gasteiger partial charge in [0.1, 0.15) is 5.75 Å². The molecule has 1 aromatic carbocycles. The van der Waals surface area contributed by atoms with Crippen molar-refractivity contribution in [1.82, 2.24) is 4.98 Å². The van der Waals surface area contributed by atoms with Crippen molar-refractivity contribution in [3.05, 3.63) is 47.8 Å². The molecular formula is C15H15ClF3NO. The largest absolute Gasteiger partial charge is 0.493 e. The molecule has 6 heteroatoms. The van der Waals surface area contributed by atoms with Crippen LogP contribution in [0.15, 0.2) is 36.5 Å². The van der Waals surface area contributed by atoms with Crippen LogP contribution in [0.1, 0.15) is 18.2 Å². The fraction of sp³-hybridized carbons (Fsp3) is 0.267. The Balaban J connectivity index is 0.00000220. The van der Waals surface area contributed by atoms with Crippen LogP contribution in [0.2, 0.25) is 0 Å². The molecule has 0 saturated carbocycles. The van der Waals surface area contributed by atoms with Gasteiger partial charge < -0.3 is 4.74 Å². The quantitative estimate of drug-likeness (QED) is 0.803. The van der Waals surface area contributed by atoms with Crippen LogP contribution >= 0.6 is 12.4 Å². The first-order valence-electron chi connectivity index (χ1n) is 6.19. The monoisotopic (exact) mass is 317 g/mol.